The summed E-state index contributed by atoms with van der Waals surface area (Å²) >= 11 is 4.85. The van der Waals surface area contributed by atoms with E-state index in [1.807, 2.05) is 17.7 Å². The molecule has 5 rings (SSSR count). The molecule has 202 valence electrons. The minimum Gasteiger partial charge on any atom is -0.397 e. The Morgan fingerprint density at radius 3 is 2.68 bits per heavy atom. The van der Waals surface area contributed by atoms with Crippen LogP contribution in [0.2, 0.25) is 0 Å². The van der Waals surface area contributed by atoms with E-state index in [-0.39, 0.29) is 24.0 Å². The highest BCUT2D eigenvalue weighted by Gasteiger charge is 2.54. The third-order valence-electron chi connectivity index (χ3n) is 6.28. The topological polar surface area (TPSA) is 114 Å². The molecular weight excluding hydrogens is 589 g/mol. The van der Waals surface area contributed by atoms with Crippen molar-refractivity contribution in [3.8, 4) is 0 Å². The number of benzene rings is 1. The number of fused-ring (bicyclic) bond motifs is 1. The van der Waals surface area contributed by atoms with Gasteiger partial charge in [-0.25, -0.2) is 24.0 Å². The van der Waals surface area contributed by atoms with E-state index in [1.165, 1.54) is 23.0 Å². The van der Waals surface area contributed by atoms with Gasteiger partial charge in [0.05, 0.1) is 12.3 Å². The zero-order chi connectivity index (χ0) is 27.0. The predicted molar refractivity (Wildman–Crippen MR) is 136 cm³/mol. The third-order valence-corrected chi connectivity index (χ3v) is 7.82. The van der Waals surface area contributed by atoms with Crippen LogP contribution in [0.15, 0.2) is 58.6 Å². The molecule has 0 radical (unpaired) electrons. The van der Waals surface area contributed by atoms with Crippen molar-refractivity contribution in [2.45, 2.75) is 41.3 Å². The van der Waals surface area contributed by atoms with Gasteiger partial charge in [-0.3, -0.25) is 4.98 Å². The zero-order valence-electron chi connectivity index (χ0n) is 20.0. The van der Waals surface area contributed by atoms with Crippen LogP contribution in [0.3, 0.4) is 0 Å². The van der Waals surface area contributed by atoms with Crippen LogP contribution in [0.5, 0.6) is 0 Å². The lowest BCUT2D eigenvalue weighted by Gasteiger charge is -2.53. The van der Waals surface area contributed by atoms with E-state index in [9.17, 15) is 13.2 Å². The van der Waals surface area contributed by atoms with Crippen molar-refractivity contribution in [1.82, 2.24) is 19.5 Å². The van der Waals surface area contributed by atoms with Crippen LogP contribution in [0.25, 0.3) is 5.70 Å². The lowest BCUT2D eigenvalue weighted by molar-refractivity contribution is -0.277. The summed E-state index contributed by atoms with van der Waals surface area (Å²) in [6.07, 6.45) is 6.78. The molecule has 0 spiro atoms. The minimum absolute atomic E-state index is 0.0633. The fourth-order valence-corrected chi connectivity index (χ4v) is 5.94. The third kappa shape index (κ3) is 5.55. The number of hydrogen-bond acceptors (Lipinski definition) is 9. The molecule has 0 saturated carbocycles. The summed E-state index contributed by atoms with van der Waals surface area (Å²) in [5, 5.41) is 1.30. The van der Waals surface area contributed by atoms with Gasteiger partial charge in [-0.1, -0.05) is 11.8 Å². The molecule has 2 fully saturated rings. The largest absolute Gasteiger partial charge is 0.397 e. The normalized spacial score (nSPS) is 25.1. The number of hydrogen-bond donors (Lipinski definition) is 2. The van der Waals surface area contributed by atoms with Crippen molar-refractivity contribution >= 4 is 33.4 Å². The highest BCUT2D eigenvalue weighted by atomic mass is 79.9. The van der Waals surface area contributed by atoms with Gasteiger partial charge in [-0.15, -0.1) is 0 Å². The smallest absolute Gasteiger partial charge is 0.194 e. The fraction of sp³-hybridized carbons (Fsp3) is 0.333. The van der Waals surface area contributed by atoms with Crippen molar-refractivity contribution in [2.75, 3.05) is 6.61 Å². The Hall–Kier alpha value is -2.62. The highest BCUT2D eigenvalue weighted by Crippen LogP contribution is 2.41. The number of aryl methyl sites for hydroxylation is 1. The molecule has 4 heterocycles. The van der Waals surface area contributed by atoms with E-state index in [2.05, 4.69) is 25.9 Å². The molecule has 38 heavy (non-hydrogen) atoms. The summed E-state index contributed by atoms with van der Waals surface area (Å²) in [5.41, 5.74) is 5.46. The fourth-order valence-electron chi connectivity index (χ4n) is 4.27. The van der Waals surface area contributed by atoms with Gasteiger partial charge in [-0.2, -0.15) is 0 Å². The van der Waals surface area contributed by atoms with Gasteiger partial charge in [0, 0.05) is 53.0 Å². The predicted octanol–water partition coefficient (Wildman–Crippen LogP) is 3.30. The Bertz CT molecular complexity index is 1320. The highest BCUT2D eigenvalue weighted by molar-refractivity contribution is 9.10. The first kappa shape index (κ1) is 27.0. The number of aromatic nitrogens is 3. The second-order valence-electron chi connectivity index (χ2n) is 8.80. The van der Waals surface area contributed by atoms with Crippen LogP contribution in [-0.4, -0.2) is 55.9 Å². The molecule has 0 bridgehead atoms. The number of rotatable bonds is 8. The number of nitrogens with zero attached hydrogens (tertiary/aromatic N) is 4. The first-order valence-corrected chi connectivity index (χ1v) is 13.2. The Balaban J connectivity index is 1.45. The molecule has 5 atom stereocenters. The van der Waals surface area contributed by atoms with E-state index in [1.54, 1.807) is 24.8 Å². The molecule has 14 heteroatoms. The number of imidazole rings is 1. The van der Waals surface area contributed by atoms with Crippen molar-refractivity contribution in [3.05, 3.63) is 82.5 Å². The molecule has 5 unspecified atom stereocenters. The zero-order valence-corrected chi connectivity index (χ0v) is 22.4. The number of pyridine rings is 1. The van der Waals surface area contributed by atoms with Crippen LogP contribution >= 0.6 is 27.7 Å². The number of hydrazine groups is 1. The Morgan fingerprint density at radius 1 is 1.29 bits per heavy atom. The maximum absolute atomic E-state index is 13.8. The maximum Gasteiger partial charge on any atom is 0.194 e. The van der Waals surface area contributed by atoms with E-state index < -0.39 is 41.1 Å². The molecular formula is C24H24BrF3N6O3S. The van der Waals surface area contributed by atoms with Gasteiger partial charge in [0.1, 0.15) is 42.2 Å². The standard InChI is InChI=1S/C24H24BrF3N6O3S/c1-33-3-2-32-19(33)11-36-23-21(34(30)9-17(29)12-4-15(26)20(28)16(27)5-12)22-18(10-35-22)37-24(23)38-14-6-13(25)7-31-8-14/h2-9,18,21-24H,10-11,29-30H2,1H3/b17-9-. The second kappa shape index (κ2) is 11.2. The summed E-state index contributed by atoms with van der Waals surface area (Å²) < 4.78 is 62.2. The molecule has 2 aliphatic heterocycles. The Kier molecular flexibility index (Phi) is 7.98. The van der Waals surface area contributed by atoms with Gasteiger partial charge in [0.15, 0.2) is 17.5 Å². The van der Waals surface area contributed by atoms with Gasteiger partial charge in [0.2, 0.25) is 0 Å². The van der Waals surface area contributed by atoms with E-state index in [4.69, 9.17) is 25.8 Å². The number of halogens is 4. The number of thioether (sulfide) groups is 1. The first-order chi connectivity index (χ1) is 18.2. The van der Waals surface area contributed by atoms with E-state index in [0.717, 1.165) is 21.5 Å². The molecule has 3 aromatic rings. The molecule has 4 N–H and O–H groups in total. The van der Waals surface area contributed by atoms with Crippen LogP contribution in [0.1, 0.15) is 11.4 Å². The monoisotopic (exact) mass is 612 g/mol. The molecule has 0 amide bonds. The van der Waals surface area contributed by atoms with Crippen molar-refractivity contribution in [1.29, 1.82) is 0 Å². The molecule has 2 saturated heterocycles. The average Bonchev–Trinajstić information content (AvgIpc) is 3.27. The summed E-state index contributed by atoms with van der Waals surface area (Å²) in [7, 11) is 1.85. The Morgan fingerprint density at radius 2 is 2.05 bits per heavy atom. The van der Waals surface area contributed by atoms with Crippen molar-refractivity contribution in [3.63, 3.8) is 0 Å². The van der Waals surface area contributed by atoms with Crippen LogP contribution in [-0.2, 0) is 27.9 Å². The molecule has 2 aliphatic rings. The van der Waals surface area contributed by atoms with Gasteiger partial charge in [-0.05, 0) is 34.1 Å². The summed E-state index contributed by atoms with van der Waals surface area (Å²) in [6.45, 7) is 0.517. The van der Waals surface area contributed by atoms with Crippen molar-refractivity contribution < 1.29 is 27.4 Å². The summed E-state index contributed by atoms with van der Waals surface area (Å²) in [5.74, 6) is 2.87. The van der Waals surface area contributed by atoms with Crippen LogP contribution in [0.4, 0.5) is 13.2 Å². The minimum atomic E-state index is -1.58. The summed E-state index contributed by atoms with van der Waals surface area (Å²) in [4.78, 5) is 9.37. The van der Waals surface area contributed by atoms with E-state index in [0.29, 0.717) is 12.4 Å². The molecule has 2 aromatic heterocycles. The Labute approximate surface area is 229 Å². The quantitative estimate of drug-likeness (QED) is 0.225. The first-order valence-electron chi connectivity index (χ1n) is 11.5. The van der Waals surface area contributed by atoms with Crippen LogP contribution in [0, 0.1) is 17.5 Å². The lowest BCUT2D eigenvalue weighted by atomic mass is 9.92. The van der Waals surface area contributed by atoms with Crippen LogP contribution < -0.4 is 11.6 Å². The molecule has 0 aliphatic carbocycles. The molecule has 9 nitrogen and oxygen atoms in total. The molecule has 1 aromatic carbocycles. The SMILES string of the molecule is Cn1ccnc1COC1C(Sc2cncc(Br)c2)OC2COC2C1N(N)/C=C(\N)c1cc(F)c(F)c(F)c1. The van der Waals surface area contributed by atoms with Gasteiger partial charge in [0.25, 0.3) is 0 Å². The average molecular weight is 613 g/mol. The maximum atomic E-state index is 13.8. The summed E-state index contributed by atoms with van der Waals surface area (Å²) in [6, 6.07) is 2.91. The van der Waals surface area contributed by atoms with Gasteiger partial charge < -0.3 is 29.5 Å². The van der Waals surface area contributed by atoms with Gasteiger partial charge >= 0.3 is 0 Å². The lowest BCUT2D eigenvalue weighted by Crippen LogP contribution is -2.70. The van der Waals surface area contributed by atoms with E-state index >= 15 is 0 Å². The number of nitrogens with two attached hydrogens (primary N) is 2. The second-order valence-corrected chi connectivity index (χ2v) is 10.9. The number of ether oxygens (including phenoxy) is 3. The van der Waals surface area contributed by atoms with Crippen molar-refractivity contribution in [2.24, 2.45) is 18.6 Å².